The Balaban J connectivity index is 1.58. The zero-order valence-electron chi connectivity index (χ0n) is 18.4. The van der Waals surface area contributed by atoms with E-state index in [4.69, 9.17) is 14.7 Å². The molecule has 0 fully saturated rings. The quantitative estimate of drug-likeness (QED) is 0.668. The van der Waals surface area contributed by atoms with E-state index in [-0.39, 0.29) is 11.8 Å². The lowest BCUT2D eigenvalue weighted by atomic mass is 10.1. The summed E-state index contributed by atoms with van der Waals surface area (Å²) < 4.78 is 5.17. The highest BCUT2D eigenvalue weighted by molar-refractivity contribution is 8.15. The van der Waals surface area contributed by atoms with Crippen molar-refractivity contribution in [3.63, 3.8) is 0 Å². The molecular weight excluding hydrogens is 424 g/mol. The first-order valence-corrected chi connectivity index (χ1v) is 11.6. The Kier molecular flexibility index (Phi) is 6.60. The fourth-order valence-electron chi connectivity index (χ4n) is 3.69. The number of methoxy groups -OCH3 is 1. The lowest BCUT2D eigenvalue weighted by molar-refractivity contribution is -0.124. The Labute approximate surface area is 192 Å². The van der Waals surface area contributed by atoms with Gasteiger partial charge in [-0.2, -0.15) is 0 Å². The minimum absolute atomic E-state index is 0.0759. The highest BCUT2D eigenvalue weighted by Gasteiger charge is 2.41. The van der Waals surface area contributed by atoms with Crippen LogP contribution in [0.2, 0.25) is 0 Å². The number of amidine groups is 2. The highest BCUT2D eigenvalue weighted by atomic mass is 32.2. The Morgan fingerprint density at radius 3 is 2.62 bits per heavy atom. The van der Waals surface area contributed by atoms with Gasteiger partial charge in [0.1, 0.15) is 17.6 Å². The molecule has 2 atom stereocenters. The van der Waals surface area contributed by atoms with Crippen LogP contribution < -0.4 is 10.1 Å². The number of aliphatic imine (C=N–C) groups is 2. The fourth-order valence-corrected chi connectivity index (χ4v) is 4.71. The van der Waals surface area contributed by atoms with Gasteiger partial charge >= 0.3 is 0 Å². The Bertz CT molecular complexity index is 1080. The van der Waals surface area contributed by atoms with Crippen LogP contribution in [0.15, 0.2) is 58.5 Å². The average Bonchev–Trinajstić information content (AvgIpc) is 3.14. The monoisotopic (exact) mass is 450 g/mol. The molecule has 2 heterocycles. The maximum absolute atomic E-state index is 13.1. The summed E-state index contributed by atoms with van der Waals surface area (Å²) in [7, 11) is 1.60. The van der Waals surface area contributed by atoms with E-state index in [2.05, 4.69) is 5.32 Å². The summed E-state index contributed by atoms with van der Waals surface area (Å²) in [6, 6.07) is 14.5. The van der Waals surface area contributed by atoms with Crippen molar-refractivity contribution >= 4 is 46.0 Å². The number of hydrogen-bond donors (Lipinski definition) is 1. The van der Waals surface area contributed by atoms with Crippen LogP contribution in [0, 0.1) is 0 Å². The van der Waals surface area contributed by atoms with Gasteiger partial charge in [0, 0.05) is 11.3 Å². The predicted molar refractivity (Wildman–Crippen MR) is 129 cm³/mol. The number of para-hydroxylation sites is 1. The molecule has 4 rings (SSSR count). The van der Waals surface area contributed by atoms with Crippen molar-refractivity contribution < 1.29 is 14.3 Å². The van der Waals surface area contributed by atoms with Crippen LogP contribution in [0.1, 0.15) is 38.7 Å². The first-order valence-electron chi connectivity index (χ1n) is 10.8. The zero-order chi connectivity index (χ0) is 22.7. The average molecular weight is 451 g/mol. The lowest BCUT2D eigenvalue weighted by Crippen LogP contribution is -2.42. The first-order chi connectivity index (χ1) is 15.5. The second-order valence-corrected chi connectivity index (χ2v) is 8.74. The topological polar surface area (TPSA) is 83.4 Å². The molecule has 0 saturated heterocycles. The zero-order valence-corrected chi connectivity index (χ0v) is 19.2. The van der Waals surface area contributed by atoms with Gasteiger partial charge in [0.05, 0.1) is 18.0 Å². The van der Waals surface area contributed by atoms with E-state index in [1.54, 1.807) is 36.3 Å². The highest BCUT2D eigenvalue weighted by Crippen LogP contribution is 2.36. The van der Waals surface area contributed by atoms with E-state index in [0.717, 1.165) is 23.4 Å². The second kappa shape index (κ2) is 9.56. The van der Waals surface area contributed by atoms with Gasteiger partial charge in [-0.1, -0.05) is 44.2 Å². The molecule has 2 aliphatic heterocycles. The number of amides is 2. The van der Waals surface area contributed by atoms with Crippen LogP contribution in [0.4, 0.5) is 11.4 Å². The van der Waals surface area contributed by atoms with Crippen LogP contribution in [0.25, 0.3) is 0 Å². The van der Waals surface area contributed by atoms with Crippen molar-refractivity contribution in [2.45, 2.75) is 44.4 Å². The molecule has 2 amide bonds. The molecule has 0 saturated carbocycles. The summed E-state index contributed by atoms with van der Waals surface area (Å²) in [6.07, 6.45) is 2.14. The number of hydrogen-bond acceptors (Lipinski definition) is 6. The van der Waals surface area contributed by atoms with Gasteiger partial charge in [-0.25, -0.2) is 9.89 Å². The molecule has 0 radical (unpaired) electrons. The number of anilines is 1. The largest absolute Gasteiger partial charge is 0.497 e. The molecule has 166 valence electrons. The van der Waals surface area contributed by atoms with Crippen LogP contribution in [0.5, 0.6) is 5.75 Å². The smallest absolute Gasteiger partial charge is 0.259 e. The van der Waals surface area contributed by atoms with Crippen molar-refractivity contribution in [2.75, 3.05) is 12.4 Å². The van der Waals surface area contributed by atoms with Gasteiger partial charge in [-0.3, -0.25) is 14.6 Å². The molecule has 7 nitrogen and oxygen atoms in total. The standard InChI is InChI=1S/C24H26N4O3S/c1-4-8-19-23(30)28-21(26-19)17-9-6-7-10-18(17)27-24(28)32-20(5-2)22(29)25-15-11-13-16(31-3)14-12-15/h6-7,9-14,19-20H,4-5,8H2,1-3H3,(H,25,29)/t19-,20-/m0/s1. The van der Waals surface area contributed by atoms with E-state index < -0.39 is 11.3 Å². The number of nitrogens with zero attached hydrogens (tertiary/aromatic N) is 3. The van der Waals surface area contributed by atoms with Gasteiger partial charge in [0.25, 0.3) is 5.91 Å². The van der Waals surface area contributed by atoms with Crippen molar-refractivity contribution in [3.8, 4) is 5.75 Å². The SMILES string of the molecule is CCC[C@@H]1N=C2c3ccccc3N=C(S[C@@H](CC)C(=O)Nc3ccc(OC)cc3)N2C1=O. The number of fused-ring (bicyclic) bond motifs is 3. The number of rotatable bonds is 7. The van der Waals surface area contributed by atoms with Crippen molar-refractivity contribution in [2.24, 2.45) is 9.98 Å². The number of carbonyl (C=O) groups excluding carboxylic acids is 2. The van der Waals surface area contributed by atoms with Crippen molar-refractivity contribution in [3.05, 3.63) is 54.1 Å². The second-order valence-electron chi connectivity index (χ2n) is 7.57. The van der Waals surface area contributed by atoms with Gasteiger partial charge in [-0.05, 0) is 49.2 Å². The third-order valence-corrected chi connectivity index (χ3v) is 6.69. The van der Waals surface area contributed by atoms with Crippen molar-refractivity contribution in [1.29, 1.82) is 0 Å². The predicted octanol–water partition coefficient (Wildman–Crippen LogP) is 4.60. The summed E-state index contributed by atoms with van der Waals surface area (Å²) in [4.78, 5) is 37.2. The minimum Gasteiger partial charge on any atom is -0.497 e. The summed E-state index contributed by atoms with van der Waals surface area (Å²) >= 11 is 1.30. The molecule has 1 N–H and O–H groups in total. The fraction of sp³-hybridized carbons (Fsp3) is 0.333. The van der Waals surface area contributed by atoms with E-state index in [9.17, 15) is 9.59 Å². The molecule has 8 heteroatoms. The molecular formula is C24H26N4O3S. The number of ether oxygens (including phenoxy) is 1. The van der Waals surface area contributed by atoms with E-state index in [0.29, 0.717) is 29.5 Å². The molecule has 2 aliphatic rings. The summed E-state index contributed by atoms with van der Waals surface area (Å²) in [5.74, 6) is 1.14. The van der Waals surface area contributed by atoms with E-state index >= 15 is 0 Å². The Morgan fingerprint density at radius 2 is 1.94 bits per heavy atom. The van der Waals surface area contributed by atoms with Crippen molar-refractivity contribution in [1.82, 2.24) is 4.90 Å². The maximum Gasteiger partial charge on any atom is 0.259 e. The lowest BCUT2D eigenvalue weighted by Gasteiger charge is -2.27. The minimum atomic E-state index is -0.416. The molecule has 2 aromatic carbocycles. The summed E-state index contributed by atoms with van der Waals surface area (Å²) in [5.41, 5.74) is 2.30. The molecule has 0 bridgehead atoms. The van der Waals surface area contributed by atoms with Gasteiger partial charge < -0.3 is 10.1 Å². The number of thioether (sulfide) groups is 1. The third-order valence-electron chi connectivity index (χ3n) is 5.38. The van der Waals surface area contributed by atoms with Crippen LogP contribution >= 0.6 is 11.8 Å². The van der Waals surface area contributed by atoms with Gasteiger partial charge in [0.2, 0.25) is 5.91 Å². The summed E-state index contributed by atoms with van der Waals surface area (Å²) in [5, 5.41) is 3.04. The number of nitrogens with one attached hydrogen (secondary N) is 1. The van der Waals surface area contributed by atoms with Gasteiger partial charge in [0.15, 0.2) is 5.17 Å². The molecule has 0 aliphatic carbocycles. The number of carbonyl (C=O) groups is 2. The van der Waals surface area contributed by atoms with E-state index in [1.807, 2.05) is 38.1 Å². The molecule has 0 aromatic heterocycles. The Hall–Kier alpha value is -3.13. The van der Waals surface area contributed by atoms with Crippen LogP contribution in [-0.2, 0) is 9.59 Å². The summed E-state index contributed by atoms with van der Waals surface area (Å²) in [6.45, 7) is 3.99. The third kappa shape index (κ3) is 4.27. The molecule has 2 aromatic rings. The maximum atomic E-state index is 13.1. The number of benzene rings is 2. The molecule has 32 heavy (non-hydrogen) atoms. The molecule has 0 spiro atoms. The van der Waals surface area contributed by atoms with Crippen LogP contribution in [-0.4, -0.2) is 46.1 Å². The van der Waals surface area contributed by atoms with Gasteiger partial charge in [-0.15, -0.1) is 0 Å². The Morgan fingerprint density at radius 1 is 1.19 bits per heavy atom. The first kappa shape index (κ1) is 22.1. The van der Waals surface area contributed by atoms with Crippen LogP contribution in [0.3, 0.4) is 0 Å². The molecule has 0 unspecified atom stereocenters. The normalized spacial score (nSPS) is 17.8. The van der Waals surface area contributed by atoms with E-state index in [1.165, 1.54) is 11.8 Å².